The highest BCUT2D eigenvalue weighted by Gasteiger charge is 2.30. The van der Waals surface area contributed by atoms with Crippen LogP contribution in [0.25, 0.3) is 0 Å². The van der Waals surface area contributed by atoms with E-state index < -0.39 is 5.25 Å². The van der Waals surface area contributed by atoms with Crippen LogP contribution in [0.2, 0.25) is 0 Å². The number of anilines is 2. The molecule has 0 aliphatic heterocycles. The van der Waals surface area contributed by atoms with E-state index in [-0.39, 0.29) is 17.8 Å². The average molecular weight is 410 g/mol. The molecule has 1 aliphatic rings. The van der Waals surface area contributed by atoms with Gasteiger partial charge >= 0.3 is 5.97 Å². The molecule has 0 spiro atoms. The summed E-state index contributed by atoms with van der Waals surface area (Å²) >= 11 is 2.67. The average Bonchev–Trinajstić information content (AvgIpc) is 3.17. The van der Waals surface area contributed by atoms with Gasteiger partial charge in [0.05, 0.1) is 17.4 Å². The number of fused-ring (bicyclic) bond motifs is 1. The monoisotopic (exact) mass is 409 g/mol. The molecule has 27 heavy (non-hydrogen) atoms. The largest absolute Gasteiger partial charge is 0.462 e. The topological polar surface area (TPSA) is 123 Å². The highest BCUT2D eigenvalue weighted by atomic mass is 32.2. The maximum Gasteiger partial charge on any atom is 0.341 e. The summed E-state index contributed by atoms with van der Waals surface area (Å²) in [4.78, 5) is 30.3. The molecule has 3 rings (SSSR count). The van der Waals surface area contributed by atoms with E-state index in [9.17, 15) is 9.59 Å². The fraction of sp³-hybridized carbons (Fsp3) is 0.529. The molecule has 0 aromatic carbocycles. The lowest BCUT2D eigenvalue weighted by atomic mass is 9.88. The number of esters is 1. The van der Waals surface area contributed by atoms with Gasteiger partial charge in [0.25, 0.3) is 0 Å². The molecule has 10 heteroatoms. The van der Waals surface area contributed by atoms with Gasteiger partial charge in [0.2, 0.25) is 17.0 Å². The number of amides is 1. The zero-order chi connectivity index (χ0) is 19.6. The molecule has 0 radical (unpaired) electrons. The first-order valence-electron chi connectivity index (χ1n) is 8.86. The van der Waals surface area contributed by atoms with E-state index in [1.807, 2.05) is 0 Å². The minimum Gasteiger partial charge on any atom is -0.462 e. The summed E-state index contributed by atoms with van der Waals surface area (Å²) in [6.07, 6.45) is 2.78. The van der Waals surface area contributed by atoms with Crippen LogP contribution < -0.4 is 11.1 Å². The highest BCUT2D eigenvalue weighted by molar-refractivity contribution is 8.00. The first kappa shape index (κ1) is 19.7. The van der Waals surface area contributed by atoms with E-state index in [0.29, 0.717) is 28.2 Å². The van der Waals surface area contributed by atoms with E-state index in [1.165, 1.54) is 23.1 Å². The van der Waals surface area contributed by atoms with Crippen molar-refractivity contribution in [3.8, 4) is 0 Å². The summed E-state index contributed by atoms with van der Waals surface area (Å²) < 4.78 is 5.23. The second kappa shape index (κ2) is 8.30. The van der Waals surface area contributed by atoms with Crippen LogP contribution in [0.4, 0.5) is 10.9 Å². The number of carbonyl (C=O) groups excluding carboxylic acids is 2. The molecule has 4 N–H and O–H groups in total. The van der Waals surface area contributed by atoms with Crippen molar-refractivity contribution in [1.82, 2.24) is 15.2 Å². The van der Waals surface area contributed by atoms with Crippen LogP contribution in [-0.4, -0.2) is 38.9 Å². The van der Waals surface area contributed by atoms with Crippen LogP contribution in [0, 0.1) is 5.92 Å². The Bertz CT molecular complexity index is 848. The molecule has 1 aliphatic carbocycles. The Morgan fingerprint density at radius 2 is 2.30 bits per heavy atom. The van der Waals surface area contributed by atoms with Crippen LogP contribution in [0.15, 0.2) is 5.16 Å². The van der Waals surface area contributed by atoms with Crippen molar-refractivity contribution in [2.24, 2.45) is 5.92 Å². The maximum atomic E-state index is 12.7. The van der Waals surface area contributed by atoms with E-state index in [2.05, 4.69) is 27.4 Å². The second-order valence-corrected chi connectivity index (χ2v) is 8.94. The molecule has 0 fully saturated rings. The van der Waals surface area contributed by atoms with Gasteiger partial charge in [0, 0.05) is 4.88 Å². The van der Waals surface area contributed by atoms with Gasteiger partial charge in [-0.2, -0.15) is 4.98 Å². The number of aromatic nitrogens is 3. The number of thiophene rings is 1. The van der Waals surface area contributed by atoms with Gasteiger partial charge in [-0.15, -0.1) is 16.4 Å². The summed E-state index contributed by atoms with van der Waals surface area (Å²) in [5.41, 5.74) is 7.04. The van der Waals surface area contributed by atoms with Crippen molar-refractivity contribution >= 4 is 45.9 Å². The standard InChI is InChI=1S/C17H23N5O3S2/c1-4-25-15(24)12-10-6-5-8(2)7-11(10)27-14(12)19-13(23)9(3)26-17-20-16(18)21-22-17/h8-9H,4-7H2,1-3H3,(H,19,23)(H3,18,20,21,22)/t8-,9-/m1/s1. The summed E-state index contributed by atoms with van der Waals surface area (Å²) in [7, 11) is 0. The van der Waals surface area contributed by atoms with Crippen LogP contribution in [0.5, 0.6) is 0 Å². The normalized spacial score (nSPS) is 17.2. The molecular weight excluding hydrogens is 386 g/mol. The van der Waals surface area contributed by atoms with E-state index in [1.54, 1.807) is 13.8 Å². The molecule has 2 aromatic heterocycles. The summed E-state index contributed by atoms with van der Waals surface area (Å²) in [6.45, 7) is 6.03. The minimum atomic E-state index is -0.451. The third-order valence-electron chi connectivity index (χ3n) is 4.36. The number of thioether (sulfide) groups is 1. The second-order valence-electron chi connectivity index (χ2n) is 6.53. The van der Waals surface area contributed by atoms with E-state index >= 15 is 0 Å². The number of H-pyrrole nitrogens is 1. The molecule has 0 unspecified atom stereocenters. The Hall–Kier alpha value is -2.07. The van der Waals surface area contributed by atoms with Crippen molar-refractivity contribution in [3.05, 3.63) is 16.0 Å². The van der Waals surface area contributed by atoms with Crippen molar-refractivity contribution in [1.29, 1.82) is 0 Å². The lowest BCUT2D eigenvalue weighted by molar-refractivity contribution is -0.115. The third kappa shape index (κ3) is 4.44. The van der Waals surface area contributed by atoms with Crippen LogP contribution in [0.1, 0.15) is 48.0 Å². The predicted octanol–water partition coefficient (Wildman–Crippen LogP) is 2.87. The number of nitrogens with one attached hydrogen (secondary N) is 2. The number of rotatable bonds is 6. The van der Waals surface area contributed by atoms with Gasteiger partial charge in [-0.05, 0) is 44.6 Å². The van der Waals surface area contributed by atoms with E-state index in [0.717, 1.165) is 29.7 Å². The van der Waals surface area contributed by atoms with E-state index in [4.69, 9.17) is 10.5 Å². The Balaban J connectivity index is 1.80. The first-order valence-corrected chi connectivity index (χ1v) is 10.6. The SMILES string of the molecule is CCOC(=O)c1c(NC(=O)[C@@H](C)Sc2n[nH]c(N)n2)sc2c1CC[C@@H](C)C2. The van der Waals surface area contributed by atoms with Crippen molar-refractivity contribution in [2.75, 3.05) is 17.7 Å². The van der Waals surface area contributed by atoms with Gasteiger partial charge in [-0.25, -0.2) is 9.89 Å². The molecule has 0 bridgehead atoms. The number of hydrogen-bond donors (Lipinski definition) is 3. The Labute approximate surface area is 165 Å². The molecule has 0 saturated heterocycles. The molecule has 1 amide bonds. The number of ether oxygens (including phenoxy) is 1. The summed E-state index contributed by atoms with van der Waals surface area (Å²) in [5, 5.41) is 9.90. The zero-order valence-corrected chi connectivity index (χ0v) is 17.1. The van der Waals surface area contributed by atoms with Gasteiger partial charge < -0.3 is 15.8 Å². The Morgan fingerprint density at radius 3 is 2.96 bits per heavy atom. The number of aromatic amines is 1. The number of nitrogens with zero attached hydrogens (tertiary/aromatic N) is 2. The summed E-state index contributed by atoms with van der Waals surface area (Å²) in [6, 6.07) is 0. The lowest BCUT2D eigenvalue weighted by Crippen LogP contribution is -2.23. The highest BCUT2D eigenvalue weighted by Crippen LogP contribution is 2.40. The van der Waals surface area contributed by atoms with Gasteiger partial charge in [-0.3, -0.25) is 4.79 Å². The van der Waals surface area contributed by atoms with Crippen LogP contribution in [0.3, 0.4) is 0 Å². The first-order chi connectivity index (χ1) is 12.9. The molecule has 2 atom stereocenters. The number of nitrogens with two attached hydrogens (primary N) is 1. The maximum absolute atomic E-state index is 12.7. The van der Waals surface area contributed by atoms with Crippen LogP contribution >= 0.6 is 23.1 Å². The smallest absolute Gasteiger partial charge is 0.341 e. The lowest BCUT2D eigenvalue weighted by Gasteiger charge is -2.18. The molecular formula is C17H23N5O3S2. The quantitative estimate of drug-likeness (QED) is 0.495. The number of nitrogen functional groups attached to an aromatic ring is 1. The Kier molecular flexibility index (Phi) is 6.05. The fourth-order valence-electron chi connectivity index (χ4n) is 2.99. The van der Waals surface area contributed by atoms with Gasteiger partial charge in [0.1, 0.15) is 5.00 Å². The fourth-order valence-corrected chi connectivity index (χ4v) is 5.13. The minimum absolute atomic E-state index is 0.203. The molecule has 2 aromatic rings. The number of hydrogen-bond acceptors (Lipinski definition) is 8. The molecule has 2 heterocycles. The summed E-state index contributed by atoms with van der Waals surface area (Å²) in [5.74, 6) is 0.178. The van der Waals surface area contributed by atoms with Crippen molar-refractivity contribution in [3.63, 3.8) is 0 Å². The molecule has 0 saturated carbocycles. The molecule has 8 nitrogen and oxygen atoms in total. The van der Waals surface area contributed by atoms with Crippen molar-refractivity contribution < 1.29 is 14.3 Å². The predicted molar refractivity (Wildman–Crippen MR) is 106 cm³/mol. The van der Waals surface area contributed by atoms with Gasteiger partial charge in [0.15, 0.2) is 0 Å². The third-order valence-corrected chi connectivity index (χ3v) is 6.49. The Morgan fingerprint density at radius 1 is 1.52 bits per heavy atom. The number of carbonyl (C=O) groups is 2. The molecule has 146 valence electrons. The zero-order valence-electron chi connectivity index (χ0n) is 15.5. The van der Waals surface area contributed by atoms with Gasteiger partial charge in [-0.1, -0.05) is 18.7 Å². The van der Waals surface area contributed by atoms with Crippen molar-refractivity contribution in [2.45, 2.75) is 50.4 Å². The van der Waals surface area contributed by atoms with Crippen LogP contribution in [-0.2, 0) is 22.4 Å².